The summed E-state index contributed by atoms with van der Waals surface area (Å²) in [4.78, 5) is 2.50. The molecule has 0 aromatic heterocycles. The molecule has 0 spiro atoms. The molecule has 2 rings (SSSR count). The molecule has 88 valence electrons. The number of piperidine rings is 1. The molecule has 1 heterocycles. The van der Waals surface area contributed by atoms with E-state index in [1.807, 2.05) is 0 Å². The SMILES string of the molecule is CCN1CCCC(N)C1c1cccc(C)c1. The predicted molar refractivity (Wildman–Crippen MR) is 68.4 cm³/mol. The summed E-state index contributed by atoms with van der Waals surface area (Å²) < 4.78 is 0. The molecule has 2 N–H and O–H groups in total. The Kier molecular flexibility index (Phi) is 3.62. The van der Waals surface area contributed by atoms with Gasteiger partial charge in [-0.15, -0.1) is 0 Å². The van der Waals surface area contributed by atoms with E-state index in [9.17, 15) is 0 Å². The van der Waals surface area contributed by atoms with E-state index in [4.69, 9.17) is 5.73 Å². The minimum absolute atomic E-state index is 0.287. The number of rotatable bonds is 2. The minimum Gasteiger partial charge on any atom is -0.326 e. The van der Waals surface area contributed by atoms with Gasteiger partial charge in [0, 0.05) is 12.1 Å². The zero-order valence-electron chi connectivity index (χ0n) is 10.3. The Labute approximate surface area is 98.4 Å². The molecule has 2 nitrogen and oxygen atoms in total. The van der Waals surface area contributed by atoms with Gasteiger partial charge in [0.1, 0.15) is 0 Å². The standard InChI is InChI=1S/C14H22N2/c1-3-16-9-5-8-13(15)14(16)12-7-4-6-11(2)10-12/h4,6-7,10,13-14H,3,5,8-9,15H2,1-2H3. The third-order valence-corrected chi connectivity index (χ3v) is 3.57. The summed E-state index contributed by atoms with van der Waals surface area (Å²) in [6.45, 7) is 6.64. The van der Waals surface area contributed by atoms with Crippen molar-refractivity contribution in [3.8, 4) is 0 Å². The largest absolute Gasteiger partial charge is 0.326 e. The van der Waals surface area contributed by atoms with Gasteiger partial charge in [-0.3, -0.25) is 4.90 Å². The number of nitrogens with zero attached hydrogens (tertiary/aromatic N) is 1. The number of likely N-dealkylation sites (N-methyl/N-ethyl adjacent to an activating group) is 1. The molecule has 0 aliphatic carbocycles. The third-order valence-electron chi connectivity index (χ3n) is 3.57. The van der Waals surface area contributed by atoms with Crippen molar-refractivity contribution in [1.82, 2.24) is 4.90 Å². The summed E-state index contributed by atoms with van der Waals surface area (Å²) in [6.07, 6.45) is 2.38. The first-order chi connectivity index (χ1) is 7.72. The maximum atomic E-state index is 6.29. The van der Waals surface area contributed by atoms with Crippen molar-refractivity contribution in [2.45, 2.75) is 38.8 Å². The van der Waals surface area contributed by atoms with Crippen LogP contribution in [0.1, 0.15) is 36.9 Å². The van der Waals surface area contributed by atoms with Crippen LogP contribution in [0.2, 0.25) is 0 Å². The van der Waals surface area contributed by atoms with E-state index in [0.717, 1.165) is 13.0 Å². The second kappa shape index (κ2) is 4.98. The normalized spacial score (nSPS) is 26.9. The van der Waals surface area contributed by atoms with E-state index in [-0.39, 0.29) is 6.04 Å². The van der Waals surface area contributed by atoms with E-state index in [1.165, 1.54) is 24.1 Å². The number of benzene rings is 1. The van der Waals surface area contributed by atoms with Gasteiger partial charge in [-0.25, -0.2) is 0 Å². The quantitative estimate of drug-likeness (QED) is 0.826. The fraction of sp³-hybridized carbons (Fsp3) is 0.571. The molecule has 0 amide bonds. The Bertz CT molecular complexity index is 348. The molecule has 0 radical (unpaired) electrons. The lowest BCUT2D eigenvalue weighted by atomic mass is 9.90. The molecule has 1 aliphatic heterocycles. The Morgan fingerprint density at radius 3 is 2.94 bits per heavy atom. The van der Waals surface area contributed by atoms with Gasteiger partial charge in [-0.05, 0) is 38.4 Å². The summed E-state index contributed by atoms with van der Waals surface area (Å²) >= 11 is 0. The first-order valence-electron chi connectivity index (χ1n) is 6.28. The van der Waals surface area contributed by atoms with E-state index in [2.05, 4.69) is 43.0 Å². The van der Waals surface area contributed by atoms with Gasteiger partial charge >= 0.3 is 0 Å². The fourth-order valence-electron chi connectivity index (χ4n) is 2.76. The third kappa shape index (κ3) is 2.28. The first-order valence-corrected chi connectivity index (χ1v) is 6.28. The first kappa shape index (κ1) is 11.6. The molecule has 2 heteroatoms. The van der Waals surface area contributed by atoms with Crippen LogP contribution in [0.3, 0.4) is 0 Å². The summed E-state index contributed by atoms with van der Waals surface area (Å²) in [5, 5.41) is 0. The predicted octanol–water partition coefficient (Wildman–Crippen LogP) is 2.48. The number of nitrogens with two attached hydrogens (primary N) is 1. The molecular formula is C14H22N2. The lowest BCUT2D eigenvalue weighted by Crippen LogP contribution is -2.45. The second-order valence-corrected chi connectivity index (χ2v) is 4.79. The van der Waals surface area contributed by atoms with Crippen molar-refractivity contribution in [3.63, 3.8) is 0 Å². The summed E-state index contributed by atoms with van der Waals surface area (Å²) in [6, 6.07) is 9.48. The van der Waals surface area contributed by atoms with Gasteiger partial charge in [0.15, 0.2) is 0 Å². The highest BCUT2D eigenvalue weighted by atomic mass is 15.2. The minimum atomic E-state index is 0.287. The van der Waals surface area contributed by atoms with Crippen LogP contribution in [0, 0.1) is 6.92 Å². The molecule has 1 aliphatic rings. The van der Waals surface area contributed by atoms with Crippen LogP contribution < -0.4 is 5.73 Å². The molecule has 2 unspecified atom stereocenters. The molecular weight excluding hydrogens is 196 g/mol. The topological polar surface area (TPSA) is 29.3 Å². The number of aryl methyl sites for hydroxylation is 1. The van der Waals surface area contributed by atoms with Crippen molar-refractivity contribution >= 4 is 0 Å². The molecule has 16 heavy (non-hydrogen) atoms. The lowest BCUT2D eigenvalue weighted by Gasteiger charge is -2.39. The zero-order valence-corrected chi connectivity index (χ0v) is 10.3. The van der Waals surface area contributed by atoms with Crippen molar-refractivity contribution in [3.05, 3.63) is 35.4 Å². The maximum absolute atomic E-state index is 6.29. The van der Waals surface area contributed by atoms with Crippen LogP contribution in [0.4, 0.5) is 0 Å². The summed E-state index contributed by atoms with van der Waals surface area (Å²) in [7, 11) is 0. The van der Waals surface area contributed by atoms with E-state index >= 15 is 0 Å². The zero-order chi connectivity index (χ0) is 11.5. The van der Waals surface area contributed by atoms with Crippen molar-refractivity contribution in [2.75, 3.05) is 13.1 Å². The van der Waals surface area contributed by atoms with Crippen molar-refractivity contribution < 1.29 is 0 Å². The van der Waals surface area contributed by atoms with Crippen molar-refractivity contribution in [1.29, 1.82) is 0 Å². The van der Waals surface area contributed by atoms with Crippen LogP contribution in [-0.2, 0) is 0 Å². The lowest BCUT2D eigenvalue weighted by molar-refractivity contribution is 0.136. The molecule has 1 aromatic carbocycles. The number of hydrogen-bond acceptors (Lipinski definition) is 2. The summed E-state index contributed by atoms with van der Waals surface area (Å²) in [5.41, 5.74) is 8.99. The van der Waals surface area contributed by atoms with Gasteiger partial charge < -0.3 is 5.73 Å². The number of hydrogen-bond donors (Lipinski definition) is 1. The smallest absolute Gasteiger partial charge is 0.0499 e. The monoisotopic (exact) mass is 218 g/mol. The van der Waals surface area contributed by atoms with Crippen LogP contribution in [0.5, 0.6) is 0 Å². The van der Waals surface area contributed by atoms with Gasteiger partial charge in [0.05, 0.1) is 0 Å². The fourth-order valence-corrected chi connectivity index (χ4v) is 2.76. The van der Waals surface area contributed by atoms with Crippen molar-refractivity contribution in [2.24, 2.45) is 5.73 Å². The van der Waals surface area contributed by atoms with Gasteiger partial charge in [0.2, 0.25) is 0 Å². The van der Waals surface area contributed by atoms with E-state index in [1.54, 1.807) is 0 Å². The van der Waals surface area contributed by atoms with Gasteiger partial charge in [-0.2, -0.15) is 0 Å². The Hall–Kier alpha value is -0.860. The molecule has 0 saturated carbocycles. The second-order valence-electron chi connectivity index (χ2n) is 4.79. The van der Waals surface area contributed by atoms with Crippen LogP contribution in [0.15, 0.2) is 24.3 Å². The number of likely N-dealkylation sites (tertiary alicyclic amines) is 1. The van der Waals surface area contributed by atoms with Crippen LogP contribution in [-0.4, -0.2) is 24.0 Å². The average molecular weight is 218 g/mol. The molecule has 0 bridgehead atoms. The van der Waals surface area contributed by atoms with Gasteiger partial charge in [-0.1, -0.05) is 36.8 Å². The molecule has 1 aromatic rings. The molecule has 1 saturated heterocycles. The average Bonchev–Trinajstić information content (AvgIpc) is 2.28. The van der Waals surface area contributed by atoms with Crippen LogP contribution >= 0.6 is 0 Å². The Morgan fingerprint density at radius 1 is 1.44 bits per heavy atom. The maximum Gasteiger partial charge on any atom is 0.0499 e. The van der Waals surface area contributed by atoms with E-state index in [0.29, 0.717) is 6.04 Å². The van der Waals surface area contributed by atoms with E-state index < -0.39 is 0 Å². The summed E-state index contributed by atoms with van der Waals surface area (Å²) in [5.74, 6) is 0. The van der Waals surface area contributed by atoms with Gasteiger partial charge in [0.25, 0.3) is 0 Å². The highest BCUT2D eigenvalue weighted by Gasteiger charge is 2.28. The Balaban J connectivity index is 2.28. The van der Waals surface area contributed by atoms with Crippen LogP contribution in [0.25, 0.3) is 0 Å². The Morgan fingerprint density at radius 2 is 2.25 bits per heavy atom. The molecule has 2 atom stereocenters. The highest BCUT2D eigenvalue weighted by Crippen LogP contribution is 2.30. The molecule has 1 fully saturated rings. The highest BCUT2D eigenvalue weighted by molar-refractivity contribution is 5.26.